The van der Waals surface area contributed by atoms with Crippen molar-refractivity contribution in [3.63, 3.8) is 0 Å². The molecular formula is C14H17N3O2. The quantitative estimate of drug-likeness (QED) is 0.830. The molecule has 1 heterocycles. The van der Waals surface area contributed by atoms with Crippen molar-refractivity contribution in [3.05, 3.63) is 29.8 Å². The lowest BCUT2D eigenvalue weighted by Crippen LogP contribution is -2.39. The number of nitrogens with zero attached hydrogens (tertiary/aromatic N) is 2. The molecule has 2 atom stereocenters. The van der Waals surface area contributed by atoms with Gasteiger partial charge in [-0.05, 0) is 25.1 Å². The maximum absolute atomic E-state index is 11.2. The molecule has 0 aromatic heterocycles. The van der Waals surface area contributed by atoms with Gasteiger partial charge in [0.15, 0.2) is 0 Å². The average Bonchev–Trinajstić information content (AvgIpc) is 2.61. The predicted molar refractivity (Wildman–Crippen MR) is 72.0 cm³/mol. The van der Waals surface area contributed by atoms with Crippen molar-refractivity contribution in [2.75, 3.05) is 24.5 Å². The molecule has 1 fully saturated rings. The summed E-state index contributed by atoms with van der Waals surface area (Å²) in [7, 11) is 0. The molecule has 1 aromatic rings. The Kier molecular flexibility index (Phi) is 4.03. The molecule has 100 valence electrons. The van der Waals surface area contributed by atoms with Crippen LogP contribution in [0.5, 0.6) is 0 Å². The Morgan fingerprint density at radius 2 is 2.32 bits per heavy atom. The molecule has 5 nitrogen and oxygen atoms in total. The first kappa shape index (κ1) is 13.4. The summed E-state index contributed by atoms with van der Waals surface area (Å²) in [5, 5.41) is 21.3. The average molecular weight is 259 g/mol. The maximum atomic E-state index is 11.2. The molecule has 1 aliphatic rings. The molecule has 0 amide bonds. The summed E-state index contributed by atoms with van der Waals surface area (Å²) < 4.78 is 0. The number of carbonyl (C=O) groups is 1. The molecule has 0 radical (unpaired) electrons. The molecule has 1 saturated heterocycles. The molecule has 1 aromatic carbocycles. The van der Waals surface area contributed by atoms with Crippen molar-refractivity contribution < 1.29 is 9.90 Å². The Balaban J connectivity index is 2.28. The Hall–Kier alpha value is -2.06. The lowest BCUT2D eigenvalue weighted by atomic mass is 10.1. The minimum absolute atomic E-state index is 0.193. The summed E-state index contributed by atoms with van der Waals surface area (Å²) in [6.45, 7) is 3.73. The lowest BCUT2D eigenvalue weighted by Gasteiger charge is -2.30. The van der Waals surface area contributed by atoms with E-state index in [2.05, 4.69) is 23.2 Å². The van der Waals surface area contributed by atoms with Crippen molar-refractivity contribution in [1.29, 1.82) is 5.26 Å². The van der Waals surface area contributed by atoms with Gasteiger partial charge < -0.3 is 15.3 Å². The number of nitrogens with one attached hydrogen (secondary N) is 1. The normalized spacial score (nSPS) is 23.5. The number of carboxylic acid groups (broad SMARTS) is 1. The fraction of sp³-hybridized carbons (Fsp3) is 0.429. The van der Waals surface area contributed by atoms with Gasteiger partial charge in [-0.15, -0.1) is 0 Å². The zero-order valence-corrected chi connectivity index (χ0v) is 10.8. The van der Waals surface area contributed by atoms with Crippen LogP contribution in [0.2, 0.25) is 0 Å². The second kappa shape index (κ2) is 5.72. The van der Waals surface area contributed by atoms with Gasteiger partial charge in [-0.3, -0.25) is 4.79 Å². The summed E-state index contributed by atoms with van der Waals surface area (Å²) in [5.41, 5.74) is 1.50. The third kappa shape index (κ3) is 3.04. The van der Waals surface area contributed by atoms with Crippen molar-refractivity contribution in [2.24, 2.45) is 5.92 Å². The fourth-order valence-electron chi connectivity index (χ4n) is 2.34. The van der Waals surface area contributed by atoms with Gasteiger partial charge in [-0.25, -0.2) is 0 Å². The minimum Gasteiger partial charge on any atom is -0.481 e. The fourth-order valence-corrected chi connectivity index (χ4v) is 2.34. The van der Waals surface area contributed by atoms with Crippen LogP contribution in [0.4, 0.5) is 5.69 Å². The van der Waals surface area contributed by atoms with Crippen molar-refractivity contribution in [3.8, 4) is 6.07 Å². The number of anilines is 1. The van der Waals surface area contributed by atoms with E-state index in [0.717, 1.165) is 12.2 Å². The molecule has 2 unspecified atom stereocenters. The van der Waals surface area contributed by atoms with Gasteiger partial charge in [0.2, 0.25) is 0 Å². The van der Waals surface area contributed by atoms with Gasteiger partial charge in [0, 0.05) is 31.4 Å². The minimum atomic E-state index is -0.789. The van der Waals surface area contributed by atoms with Gasteiger partial charge in [0.05, 0.1) is 17.6 Å². The number of hydrogen-bond donors (Lipinski definition) is 2. The van der Waals surface area contributed by atoms with E-state index in [1.807, 2.05) is 12.1 Å². The van der Waals surface area contributed by atoms with E-state index in [4.69, 9.17) is 5.26 Å². The Morgan fingerprint density at radius 3 is 3.00 bits per heavy atom. The molecule has 1 aliphatic heterocycles. The smallest absolute Gasteiger partial charge is 0.309 e. The van der Waals surface area contributed by atoms with Gasteiger partial charge in [-0.1, -0.05) is 6.07 Å². The van der Waals surface area contributed by atoms with E-state index in [9.17, 15) is 9.90 Å². The third-order valence-electron chi connectivity index (χ3n) is 3.44. The largest absolute Gasteiger partial charge is 0.481 e. The van der Waals surface area contributed by atoms with Crippen molar-refractivity contribution in [2.45, 2.75) is 13.0 Å². The van der Waals surface area contributed by atoms with Gasteiger partial charge in [0.25, 0.3) is 0 Å². The van der Waals surface area contributed by atoms with Crippen LogP contribution >= 0.6 is 0 Å². The molecule has 0 spiro atoms. The predicted octanol–water partition coefficient (Wildman–Crippen LogP) is 1.06. The van der Waals surface area contributed by atoms with Crippen LogP contribution in [0.1, 0.15) is 12.5 Å². The molecule has 0 aliphatic carbocycles. The van der Waals surface area contributed by atoms with Crippen LogP contribution < -0.4 is 10.2 Å². The zero-order valence-electron chi connectivity index (χ0n) is 10.8. The Bertz CT molecular complexity index is 510. The second-order valence-electron chi connectivity index (χ2n) is 4.86. The summed E-state index contributed by atoms with van der Waals surface area (Å²) in [5.74, 6) is -1.22. The zero-order chi connectivity index (χ0) is 13.8. The van der Waals surface area contributed by atoms with Crippen LogP contribution in [0.15, 0.2) is 24.3 Å². The summed E-state index contributed by atoms with van der Waals surface area (Å²) >= 11 is 0. The van der Waals surface area contributed by atoms with Gasteiger partial charge >= 0.3 is 5.97 Å². The van der Waals surface area contributed by atoms with Crippen LogP contribution in [0.25, 0.3) is 0 Å². The first-order valence-corrected chi connectivity index (χ1v) is 6.32. The highest BCUT2D eigenvalue weighted by atomic mass is 16.4. The number of hydrogen-bond acceptors (Lipinski definition) is 4. The topological polar surface area (TPSA) is 76.4 Å². The first-order chi connectivity index (χ1) is 9.11. The second-order valence-corrected chi connectivity index (χ2v) is 4.86. The standard InChI is InChI=1S/C14H17N3O2/c1-10-7-16-8-12(14(18)19)9-17(10)13-4-2-3-11(5-13)6-15/h2-5,10,12,16H,7-9H2,1H3,(H,18,19). The van der Waals surface area contributed by atoms with E-state index < -0.39 is 11.9 Å². The highest BCUT2D eigenvalue weighted by molar-refractivity contribution is 5.71. The Labute approximate surface area is 112 Å². The number of nitriles is 1. The number of benzene rings is 1. The van der Waals surface area contributed by atoms with Gasteiger partial charge in [0.1, 0.15) is 0 Å². The highest BCUT2D eigenvalue weighted by Gasteiger charge is 2.27. The third-order valence-corrected chi connectivity index (χ3v) is 3.44. The van der Waals surface area contributed by atoms with E-state index in [1.165, 1.54) is 0 Å². The molecule has 2 N–H and O–H groups in total. The molecule has 0 bridgehead atoms. The van der Waals surface area contributed by atoms with E-state index >= 15 is 0 Å². The summed E-state index contributed by atoms with van der Waals surface area (Å²) in [6, 6.07) is 9.61. The number of carboxylic acids is 1. The first-order valence-electron chi connectivity index (χ1n) is 6.32. The number of rotatable bonds is 2. The van der Waals surface area contributed by atoms with E-state index in [0.29, 0.717) is 18.7 Å². The van der Waals surface area contributed by atoms with Crippen LogP contribution in [-0.2, 0) is 4.79 Å². The van der Waals surface area contributed by atoms with E-state index in [1.54, 1.807) is 12.1 Å². The molecule has 19 heavy (non-hydrogen) atoms. The SMILES string of the molecule is CC1CNCC(C(=O)O)CN1c1cccc(C#N)c1. The summed E-state index contributed by atoms with van der Waals surface area (Å²) in [6.07, 6.45) is 0. The molecule has 5 heteroatoms. The molecule has 2 rings (SSSR count). The van der Waals surface area contributed by atoms with Crippen LogP contribution in [0, 0.1) is 17.2 Å². The maximum Gasteiger partial charge on any atom is 0.309 e. The highest BCUT2D eigenvalue weighted by Crippen LogP contribution is 2.21. The molecule has 0 saturated carbocycles. The molecular weight excluding hydrogens is 242 g/mol. The lowest BCUT2D eigenvalue weighted by molar-refractivity contribution is -0.141. The summed E-state index contributed by atoms with van der Waals surface area (Å²) in [4.78, 5) is 13.2. The van der Waals surface area contributed by atoms with Crippen molar-refractivity contribution in [1.82, 2.24) is 5.32 Å². The van der Waals surface area contributed by atoms with Crippen LogP contribution in [-0.4, -0.2) is 36.8 Å². The van der Waals surface area contributed by atoms with Gasteiger partial charge in [-0.2, -0.15) is 5.26 Å². The monoisotopic (exact) mass is 259 g/mol. The van der Waals surface area contributed by atoms with Crippen LogP contribution in [0.3, 0.4) is 0 Å². The Morgan fingerprint density at radius 1 is 1.53 bits per heavy atom. The van der Waals surface area contributed by atoms with E-state index in [-0.39, 0.29) is 6.04 Å². The number of aliphatic carboxylic acids is 1. The van der Waals surface area contributed by atoms with Crippen molar-refractivity contribution >= 4 is 11.7 Å².